The van der Waals surface area contributed by atoms with Gasteiger partial charge < -0.3 is 29.2 Å². The Bertz CT molecular complexity index is 1220. The maximum atomic E-state index is 12.6. The lowest BCUT2D eigenvalue weighted by Crippen LogP contribution is -2.29. The summed E-state index contributed by atoms with van der Waals surface area (Å²) >= 11 is 0. The van der Waals surface area contributed by atoms with Gasteiger partial charge in [-0.1, -0.05) is 30.3 Å². The molecule has 2 unspecified atom stereocenters. The van der Waals surface area contributed by atoms with Crippen LogP contribution in [0.25, 0.3) is 0 Å². The lowest BCUT2D eigenvalue weighted by molar-refractivity contribution is -0.0555. The molecule has 200 valence electrons. The van der Waals surface area contributed by atoms with Gasteiger partial charge >= 0.3 is 11.9 Å². The molecule has 38 heavy (non-hydrogen) atoms. The zero-order valence-corrected chi connectivity index (χ0v) is 21.2. The van der Waals surface area contributed by atoms with Gasteiger partial charge in [-0.05, 0) is 49.7 Å². The third-order valence-electron chi connectivity index (χ3n) is 5.61. The first-order chi connectivity index (χ1) is 18.3. The van der Waals surface area contributed by atoms with Gasteiger partial charge in [0.25, 0.3) is 0 Å². The summed E-state index contributed by atoms with van der Waals surface area (Å²) in [6.07, 6.45) is -0.608. The summed E-state index contributed by atoms with van der Waals surface area (Å²) in [5.74, 6) is -1.92. The van der Waals surface area contributed by atoms with Gasteiger partial charge in [0, 0.05) is 25.3 Å². The van der Waals surface area contributed by atoms with Gasteiger partial charge in [-0.3, -0.25) is 4.79 Å². The third kappa shape index (κ3) is 7.97. The van der Waals surface area contributed by atoms with Gasteiger partial charge in [0.2, 0.25) is 0 Å². The first-order valence-electron chi connectivity index (χ1n) is 12.0. The molecule has 0 aliphatic carbocycles. The van der Waals surface area contributed by atoms with E-state index in [0.717, 1.165) is 0 Å². The highest BCUT2D eigenvalue weighted by Crippen LogP contribution is 2.26. The number of phenols is 1. The Morgan fingerprint density at radius 2 is 1.47 bits per heavy atom. The molecule has 0 amide bonds. The third-order valence-corrected chi connectivity index (χ3v) is 5.61. The molecule has 0 aliphatic rings. The van der Waals surface area contributed by atoms with Crippen molar-refractivity contribution in [1.29, 1.82) is 0 Å². The lowest BCUT2D eigenvalue weighted by atomic mass is 10.0. The summed E-state index contributed by atoms with van der Waals surface area (Å²) in [6.45, 7) is 2.15. The SMILES string of the molecule is COCCC(OCCOC(=O)c1ccc(C(=O)Oc2ccc(C(=O)c3ccccc3)c(O)c2)cc1)C(C)O. The summed E-state index contributed by atoms with van der Waals surface area (Å²) in [4.78, 5) is 37.4. The van der Waals surface area contributed by atoms with E-state index in [1.54, 1.807) is 44.4 Å². The van der Waals surface area contributed by atoms with Crippen LogP contribution in [0.3, 0.4) is 0 Å². The van der Waals surface area contributed by atoms with Crippen molar-refractivity contribution in [2.75, 3.05) is 26.9 Å². The molecule has 0 saturated carbocycles. The minimum absolute atomic E-state index is 0.00884. The number of phenolic OH excluding ortho intramolecular Hbond substituents is 1. The first-order valence-corrected chi connectivity index (χ1v) is 12.0. The molecule has 0 bridgehead atoms. The quantitative estimate of drug-likeness (QED) is 0.149. The number of methoxy groups -OCH3 is 1. The van der Waals surface area contributed by atoms with E-state index in [4.69, 9.17) is 18.9 Å². The predicted octanol–water partition coefficient (Wildman–Crippen LogP) is 3.80. The van der Waals surface area contributed by atoms with Crippen LogP contribution in [0.1, 0.15) is 50.0 Å². The molecule has 9 heteroatoms. The number of hydrogen-bond donors (Lipinski definition) is 2. The fourth-order valence-electron chi connectivity index (χ4n) is 3.54. The van der Waals surface area contributed by atoms with Crippen LogP contribution in [-0.2, 0) is 14.2 Å². The standard InChI is InChI=1S/C29H30O9/c1-19(30)26(14-15-35-2)36-16-17-37-28(33)21-8-10-22(11-9-21)29(34)38-23-12-13-24(25(31)18-23)27(32)20-6-4-3-5-7-20/h3-13,18-19,26,30-31H,14-17H2,1-2H3. The minimum atomic E-state index is -0.708. The van der Waals surface area contributed by atoms with Crippen LogP contribution in [0.4, 0.5) is 0 Å². The second kappa shape index (κ2) is 14.0. The molecule has 3 aromatic carbocycles. The highest BCUT2D eigenvalue weighted by Gasteiger charge is 2.18. The van der Waals surface area contributed by atoms with E-state index >= 15 is 0 Å². The number of rotatable bonds is 13. The molecule has 2 N–H and O–H groups in total. The summed E-state index contributed by atoms with van der Waals surface area (Å²) in [6, 6.07) is 18.2. The highest BCUT2D eigenvalue weighted by atomic mass is 16.6. The smallest absolute Gasteiger partial charge is 0.343 e. The molecule has 0 saturated heterocycles. The molecule has 0 heterocycles. The van der Waals surface area contributed by atoms with Gasteiger partial charge in [-0.15, -0.1) is 0 Å². The normalized spacial score (nSPS) is 12.4. The molecule has 0 radical (unpaired) electrons. The molecule has 9 nitrogen and oxygen atoms in total. The van der Waals surface area contributed by atoms with E-state index in [9.17, 15) is 24.6 Å². The zero-order chi connectivity index (χ0) is 27.5. The lowest BCUT2D eigenvalue weighted by Gasteiger charge is -2.20. The monoisotopic (exact) mass is 522 g/mol. The number of esters is 2. The summed E-state index contributed by atoms with van der Waals surface area (Å²) < 4.78 is 21.0. The minimum Gasteiger partial charge on any atom is -0.507 e. The van der Waals surface area contributed by atoms with Gasteiger partial charge in [0.1, 0.15) is 18.1 Å². The van der Waals surface area contributed by atoms with E-state index in [1.165, 1.54) is 42.5 Å². The van der Waals surface area contributed by atoms with Crippen molar-refractivity contribution in [2.45, 2.75) is 25.6 Å². The number of ether oxygens (including phenoxy) is 4. The molecule has 0 fully saturated rings. The maximum absolute atomic E-state index is 12.6. The van der Waals surface area contributed by atoms with Crippen LogP contribution in [0, 0.1) is 0 Å². The number of carbonyl (C=O) groups is 3. The van der Waals surface area contributed by atoms with Crippen LogP contribution in [0.5, 0.6) is 11.5 Å². The van der Waals surface area contributed by atoms with Crippen molar-refractivity contribution in [2.24, 2.45) is 0 Å². The fourth-order valence-corrected chi connectivity index (χ4v) is 3.54. The number of carbonyl (C=O) groups excluding carboxylic acids is 3. The van der Waals surface area contributed by atoms with E-state index in [-0.39, 0.29) is 47.2 Å². The Hall–Kier alpha value is -4.05. The molecule has 3 aromatic rings. The van der Waals surface area contributed by atoms with Gasteiger partial charge in [-0.25, -0.2) is 9.59 Å². The van der Waals surface area contributed by atoms with Crippen LogP contribution in [0.15, 0.2) is 72.8 Å². The van der Waals surface area contributed by atoms with E-state index in [1.807, 2.05) is 0 Å². The summed E-state index contributed by atoms with van der Waals surface area (Å²) in [5.41, 5.74) is 0.909. The van der Waals surface area contributed by atoms with E-state index in [2.05, 4.69) is 0 Å². The molecule has 0 aliphatic heterocycles. The Morgan fingerprint density at radius 3 is 2.08 bits per heavy atom. The Kier molecular flexibility index (Phi) is 10.5. The van der Waals surface area contributed by atoms with Crippen molar-refractivity contribution in [3.8, 4) is 11.5 Å². The summed E-state index contributed by atoms with van der Waals surface area (Å²) in [7, 11) is 1.56. The van der Waals surface area contributed by atoms with Crippen molar-refractivity contribution in [3.63, 3.8) is 0 Å². The van der Waals surface area contributed by atoms with Crippen LogP contribution >= 0.6 is 0 Å². The number of benzene rings is 3. The molecular formula is C29H30O9. The maximum Gasteiger partial charge on any atom is 0.343 e. The summed E-state index contributed by atoms with van der Waals surface area (Å²) in [5, 5.41) is 20.0. The van der Waals surface area contributed by atoms with Crippen LogP contribution in [-0.4, -0.2) is 67.1 Å². The topological polar surface area (TPSA) is 129 Å². The number of hydrogen-bond acceptors (Lipinski definition) is 9. The van der Waals surface area contributed by atoms with Crippen molar-refractivity contribution in [1.82, 2.24) is 0 Å². The van der Waals surface area contributed by atoms with Crippen LogP contribution in [0.2, 0.25) is 0 Å². The highest BCUT2D eigenvalue weighted by molar-refractivity contribution is 6.10. The van der Waals surface area contributed by atoms with Gasteiger partial charge in [0.05, 0.1) is 35.5 Å². The number of aliphatic hydroxyl groups is 1. The number of aromatic hydroxyl groups is 1. The average molecular weight is 523 g/mol. The second-order valence-corrected chi connectivity index (χ2v) is 8.41. The zero-order valence-electron chi connectivity index (χ0n) is 21.2. The molecule has 0 aromatic heterocycles. The number of ketones is 1. The average Bonchev–Trinajstić information content (AvgIpc) is 2.92. The fraction of sp³-hybridized carbons (Fsp3) is 0.276. The Labute approximate surface area is 220 Å². The van der Waals surface area contributed by atoms with E-state index in [0.29, 0.717) is 18.6 Å². The van der Waals surface area contributed by atoms with Gasteiger partial charge in [-0.2, -0.15) is 0 Å². The Morgan fingerprint density at radius 1 is 0.816 bits per heavy atom. The molecular weight excluding hydrogens is 492 g/mol. The van der Waals surface area contributed by atoms with Crippen molar-refractivity contribution < 1.29 is 43.5 Å². The molecule has 3 rings (SSSR count). The van der Waals surface area contributed by atoms with Crippen molar-refractivity contribution >= 4 is 17.7 Å². The van der Waals surface area contributed by atoms with Gasteiger partial charge in [0.15, 0.2) is 5.78 Å². The predicted molar refractivity (Wildman–Crippen MR) is 138 cm³/mol. The molecule has 2 atom stereocenters. The van der Waals surface area contributed by atoms with Crippen molar-refractivity contribution in [3.05, 3.63) is 95.1 Å². The first kappa shape index (κ1) is 28.5. The largest absolute Gasteiger partial charge is 0.507 e. The molecule has 0 spiro atoms. The Balaban J connectivity index is 1.52. The van der Waals surface area contributed by atoms with E-state index < -0.39 is 24.1 Å². The van der Waals surface area contributed by atoms with Crippen LogP contribution < -0.4 is 4.74 Å². The number of aliphatic hydroxyl groups excluding tert-OH is 1. The second-order valence-electron chi connectivity index (χ2n) is 8.41.